The molecule has 0 bridgehead atoms. The number of hydrogen-bond acceptors (Lipinski definition) is 2. The normalized spacial score (nSPS) is 12.2. The van der Waals surface area contributed by atoms with Crippen molar-refractivity contribution >= 4 is 17.5 Å². The van der Waals surface area contributed by atoms with Gasteiger partial charge >= 0.3 is 0 Å². The van der Waals surface area contributed by atoms with Crippen molar-refractivity contribution in [1.82, 2.24) is 10.6 Å². The molecule has 0 aromatic heterocycles. The number of rotatable bonds is 7. The smallest absolute Gasteiger partial charge is 0.234 e. The minimum atomic E-state index is 0.0560. The lowest BCUT2D eigenvalue weighted by Gasteiger charge is -2.11. The van der Waals surface area contributed by atoms with Gasteiger partial charge in [0.25, 0.3) is 0 Å². The van der Waals surface area contributed by atoms with Gasteiger partial charge in [-0.1, -0.05) is 30.7 Å². The summed E-state index contributed by atoms with van der Waals surface area (Å²) >= 11 is 5.81. The van der Waals surface area contributed by atoms with Crippen LogP contribution in [-0.4, -0.2) is 25.0 Å². The second-order valence-corrected chi connectivity index (χ2v) is 4.87. The maximum atomic E-state index is 11.5. The van der Waals surface area contributed by atoms with Gasteiger partial charge in [0.2, 0.25) is 5.91 Å². The average Bonchev–Trinajstić information content (AvgIpc) is 2.36. The quantitative estimate of drug-likeness (QED) is 0.746. The summed E-state index contributed by atoms with van der Waals surface area (Å²) in [5, 5.41) is 6.80. The molecule has 0 fully saturated rings. The van der Waals surface area contributed by atoms with E-state index < -0.39 is 0 Å². The molecule has 3 nitrogen and oxygen atoms in total. The van der Waals surface area contributed by atoms with Gasteiger partial charge in [-0.05, 0) is 44.0 Å². The lowest BCUT2D eigenvalue weighted by molar-refractivity contribution is -0.120. The molecular weight excluding hydrogens is 248 g/mol. The summed E-state index contributed by atoms with van der Waals surface area (Å²) in [6.07, 6.45) is 1.85. The summed E-state index contributed by atoms with van der Waals surface area (Å²) in [6.45, 7) is 5.22. The van der Waals surface area contributed by atoms with Gasteiger partial charge in [-0.2, -0.15) is 0 Å². The molecule has 0 heterocycles. The van der Waals surface area contributed by atoms with Crippen molar-refractivity contribution in [1.29, 1.82) is 0 Å². The number of nitrogens with one attached hydrogen (secondary N) is 2. The first kappa shape index (κ1) is 15.0. The maximum Gasteiger partial charge on any atom is 0.234 e. The number of halogens is 1. The molecule has 1 amide bonds. The van der Waals surface area contributed by atoms with Gasteiger partial charge < -0.3 is 10.6 Å². The van der Waals surface area contributed by atoms with Crippen LogP contribution in [0.15, 0.2) is 24.3 Å². The first-order valence-electron chi connectivity index (χ1n) is 6.36. The number of carbonyl (C=O) groups excluding carboxylic acids is 1. The fraction of sp³-hybridized carbons (Fsp3) is 0.500. The van der Waals surface area contributed by atoms with Crippen molar-refractivity contribution in [3.63, 3.8) is 0 Å². The van der Waals surface area contributed by atoms with Gasteiger partial charge in [-0.15, -0.1) is 0 Å². The summed E-state index contributed by atoms with van der Waals surface area (Å²) < 4.78 is 0. The average molecular weight is 269 g/mol. The van der Waals surface area contributed by atoms with E-state index in [2.05, 4.69) is 17.6 Å². The van der Waals surface area contributed by atoms with Crippen LogP contribution in [-0.2, 0) is 11.2 Å². The van der Waals surface area contributed by atoms with Gasteiger partial charge in [0.15, 0.2) is 0 Å². The van der Waals surface area contributed by atoms with Gasteiger partial charge in [-0.3, -0.25) is 4.79 Å². The fourth-order valence-electron chi connectivity index (χ4n) is 1.51. The van der Waals surface area contributed by atoms with Crippen LogP contribution in [0.1, 0.15) is 25.8 Å². The second kappa shape index (κ2) is 8.11. The molecule has 1 aromatic carbocycles. The van der Waals surface area contributed by atoms with Crippen LogP contribution in [0, 0.1) is 0 Å². The van der Waals surface area contributed by atoms with E-state index in [1.807, 2.05) is 31.2 Å². The van der Waals surface area contributed by atoms with E-state index in [1.165, 1.54) is 5.56 Å². The monoisotopic (exact) mass is 268 g/mol. The summed E-state index contributed by atoms with van der Waals surface area (Å²) in [5.41, 5.74) is 1.22. The predicted octanol–water partition coefficient (Wildman–Crippen LogP) is 2.39. The largest absolute Gasteiger partial charge is 0.353 e. The lowest BCUT2D eigenvalue weighted by Crippen LogP contribution is -2.39. The van der Waals surface area contributed by atoms with Crippen LogP contribution < -0.4 is 10.6 Å². The number of benzene rings is 1. The summed E-state index contributed by atoms with van der Waals surface area (Å²) in [6, 6.07) is 8.02. The first-order chi connectivity index (χ1) is 8.61. The Morgan fingerprint density at radius 1 is 1.33 bits per heavy atom. The van der Waals surface area contributed by atoms with E-state index in [0.717, 1.165) is 24.4 Å². The Labute approximate surface area is 114 Å². The molecule has 1 aromatic rings. The molecule has 18 heavy (non-hydrogen) atoms. The standard InChI is InChI=1S/C14H21ClN2O/c1-3-11(2)17-14(18)10-16-9-8-12-4-6-13(15)7-5-12/h4-7,11,16H,3,8-10H2,1-2H3,(H,17,18). The van der Waals surface area contributed by atoms with Crippen molar-refractivity contribution in [3.05, 3.63) is 34.9 Å². The first-order valence-corrected chi connectivity index (χ1v) is 6.74. The summed E-state index contributed by atoms with van der Waals surface area (Å²) in [5.74, 6) is 0.0560. The van der Waals surface area contributed by atoms with Crippen LogP contribution in [0.2, 0.25) is 5.02 Å². The van der Waals surface area contributed by atoms with E-state index in [9.17, 15) is 4.79 Å². The zero-order valence-electron chi connectivity index (χ0n) is 11.0. The van der Waals surface area contributed by atoms with Gasteiger partial charge in [0.1, 0.15) is 0 Å². The second-order valence-electron chi connectivity index (χ2n) is 4.43. The van der Waals surface area contributed by atoms with Crippen molar-refractivity contribution in [2.75, 3.05) is 13.1 Å². The molecular formula is C14H21ClN2O. The third-order valence-electron chi connectivity index (χ3n) is 2.81. The van der Waals surface area contributed by atoms with Crippen molar-refractivity contribution in [2.45, 2.75) is 32.7 Å². The maximum absolute atomic E-state index is 11.5. The molecule has 0 aliphatic rings. The van der Waals surface area contributed by atoms with Crippen LogP contribution in [0.5, 0.6) is 0 Å². The third-order valence-corrected chi connectivity index (χ3v) is 3.06. The molecule has 0 saturated heterocycles. The highest BCUT2D eigenvalue weighted by Gasteiger charge is 2.04. The molecule has 1 atom stereocenters. The van der Waals surface area contributed by atoms with Gasteiger partial charge in [-0.25, -0.2) is 0 Å². The Morgan fingerprint density at radius 3 is 2.61 bits per heavy atom. The van der Waals surface area contributed by atoms with Crippen LogP contribution >= 0.6 is 11.6 Å². The van der Waals surface area contributed by atoms with Crippen molar-refractivity contribution in [3.8, 4) is 0 Å². The Morgan fingerprint density at radius 2 is 2.00 bits per heavy atom. The number of amides is 1. The Kier molecular flexibility index (Phi) is 6.76. The number of carbonyl (C=O) groups is 1. The topological polar surface area (TPSA) is 41.1 Å². The molecule has 100 valence electrons. The highest BCUT2D eigenvalue weighted by Crippen LogP contribution is 2.09. The van der Waals surface area contributed by atoms with Crippen LogP contribution in [0.4, 0.5) is 0 Å². The molecule has 1 unspecified atom stereocenters. The molecule has 0 aliphatic carbocycles. The molecule has 0 saturated carbocycles. The third kappa shape index (κ3) is 6.03. The Hall–Kier alpha value is -1.06. The van der Waals surface area contributed by atoms with E-state index in [-0.39, 0.29) is 11.9 Å². The van der Waals surface area contributed by atoms with E-state index in [4.69, 9.17) is 11.6 Å². The molecule has 0 spiro atoms. The van der Waals surface area contributed by atoms with Crippen molar-refractivity contribution in [2.24, 2.45) is 0 Å². The number of hydrogen-bond donors (Lipinski definition) is 2. The van der Waals surface area contributed by atoms with E-state index in [0.29, 0.717) is 6.54 Å². The molecule has 1 rings (SSSR count). The van der Waals surface area contributed by atoms with Crippen LogP contribution in [0.25, 0.3) is 0 Å². The van der Waals surface area contributed by atoms with E-state index >= 15 is 0 Å². The summed E-state index contributed by atoms with van der Waals surface area (Å²) in [7, 11) is 0. The SMILES string of the molecule is CCC(C)NC(=O)CNCCc1ccc(Cl)cc1. The highest BCUT2D eigenvalue weighted by atomic mass is 35.5. The lowest BCUT2D eigenvalue weighted by atomic mass is 10.1. The molecule has 2 N–H and O–H groups in total. The summed E-state index contributed by atoms with van der Waals surface area (Å²) in [4.78, 5) is 11.5. The molecule has 0 aliphatic heterocycles. The molecule has 4 heteroatoms. The predicted molar refractivity (Wildman–Crippen MR) is 75.9 cm³/mol. The van der Waals surface area contributed by atoms with Gasteiger partial charge in [0.05, 0.1) is 6.54 Å². The Bertz CT molecular complexity index is 365. The zero-order valence-corrected chi connectivity index (χ0v) is 11.8. The van der Waals surface area contributed by atoms with E-state index in [1.54, 1.807) is 0 Å². The minimum absolute atomic E-state index is 0.0560. The minimum Gasteiger partial charge on any atom is -0.353 e. The fourth-order valence-corrected chi connectivity index (χ4v) is 1.64. The zero-order chi connectivity index (χ0) is 13.4. The van der Waals surface area contributed by atoms with Crippen molar-refractivity contribution < 1.29 is 4.79 Å². The Balaban J connectivity index is 2.15. The molecule has 0 radical (unpaired) electrons. The highest BCUT2D eigenvalue weighted by molar-refractivity contribution is 6.30. The van der Waals surface area contributed by atoms with Crippen LogP contribution in [0.3, 0.4) is 0 Å². The van der Waals surface area contributed by atoms with Gasteiger partial charge in [0, 0.05) is 11.1 Å².